The molecule has 1 fully saturated rings. The lowest BCUT2D eigenvalue weighted by molar-refractivity contribution is -0.707. The van der Waals surface area contributed by atoms with Gasteiger partial charge >= 0.3 is 0 Å². The van der Waals surface area contributed by atoms with Gasteiger partial charge < -0.3 is 15.0 Å². The van der Waals surface area contributed by atoms with Gasteiger partial charge in [-0.2, -0.15) is 0 Å². The summed E-state index contributed by atoms with van der Waals surface area (Å²) in [6, 6.07) is 9.32. The number of nitrogens with two attached hydrogens (primary N) is 1. The van der Waals surface area contributed by atoms with Gasteiger partial charge in [0.15, 0.2) is 0 Å². The number of para-hydroxylation sites is 1. The second-order valence-electron chi connectivity index (χ2n) is 7.22. The standard InChI is InChI=1S/C18H24N2O/c1-18(2)11-12(8-10-21-18)16-17-14(7-9-19-16)13-5-3-4-6-15(13)20-17/h3-6,12,16,19-20H,7-11H2,1-2H3/p+1/t12-,16+/m0/s1. The Hall–Kier alpha value is -1.32. The number of hydrogen-bond donors (Lipinski definition) is 2. The lowest BCUT2D eigenvalue weighted by Gasteiger charge is -2.39. The lowest BCUT2D eigenvalue weighted by atomic mass is 9.80. The molecule has 0 unspecified atom stereocenters. The van der Waals surface area contributed by atoms with Gasteiger partial charge in [-0.25, -0.2) is 0 Å². The number of rotatable bonds is 1. The summed E-state index contributed by atoms with van der Waals surface area (Å²) in [4.78, 5) is 3.72. The van der Waals surface area contributed by atoms with E-state index in [1.807, 2.05) is 0 Å². The van der Waals surface area contributed by atoms with Crippen molar-refractivity contribution in [3.63, 3.8) is 0 Å². The van der Waals surface area contributed by atoms with Crippen LogP contribution >= 0.6 is 0 Å². The third kappa shape index (κ3) is 2.29. The Morgan fingerprint density at radius 2 is 2.14 bits per heavy atom. The molecule has 1 saturated heterocycles. The van der Waals surface area contributed by atoms with Crippen molar-refractivity contribution in [2.24, 2.45) is 5.92 Å². The quantitative estimate of drug-likeness (QED) is 0.830. The van der Waals surface area contributed by atoms with E-state index in [1.54, 1.807) is 5.56 Å². The number of hydrogen-bond acceptors (Lipinski definition) is 1. The fourth-order valence-electron chi connectivity index (χ4n) is 4.31. The zero-order valence-electron chi connectivity index (χ0n) is 13.0. The van der Waals surface area contributed by atoms with Crippen LogP contribution in [0.25, 0.3) is 10.9 Å². The Morgan fingerprint density at radius 3 is 3.00 bits per heavy atom. The number of ether oxygens (including phenoxy) is 1. The molecule has 3 nitrogen and oxygen atoms in total. The van der Waals surface area contributed by atoms with E-state index in [1.165, 1.54) is 36.0 Å². The summed E-state index contributed by atoms with van der Waals surface area (Å²) >= 11 is 0. The molecule has 2 aromatic rings. The number of benzene rings is 1. The third-order valence-corrected chi connectivity index (χ3v) is 5.24. The lowest BCUT2D eigenvalue weighted by Crippen LogP contribution is -2.88. The van der Waals surface area contributed by atoms with Crippen LogP contribution in [0.2, 0.25) is 0 Å². The van der Waals surface area contributed by atoms with Crippen molar-refractivity contribution in [2.45, 2.75) is 44.8 Å². The van der Waals surface area contributed by atoms with Crippen LogP contribution in [0.4, 0.5) is 0 Å². The molecule has 2 atom stereocenters. The molecule has 1 aromatic heterocycles. The molecule has 4 rings (SSSR count). The molecular weight excluding hydrogens is 260 g/mol. The van der Waals surface area contributed by atoms with Gasteiger partial charge in [-0.3, -0.25) is 0 Å². The largest absolute Gasteiger partial charge is 0.376 e. The van der Waals surface area contributed by atoms with E-state index in [0.29, 0.717) is 12.0 Å². The number of aromatic nitrogens is 1. The molecule has 3 N–H and O–H groups in total. The van der Waals surface area contributed by atoms with Crippen molar-refractivity contribution in [3.8, 4) is 0 Å². The summed E-state index contributed by atoms with van der Waals surface area (Å²) in [5, 5.41) is 3.97. The van der Waals surface area contributed by atoms with E-state index in [-0.39, 0.29) is 5.60 Å². The Balaban J connectivity index is 1.73. The van der Waals surface area contributed by atoms with Crippen molar-refractivity contribution in [1.82, 2.24) is 4.98 Å². The predicted octanol–water partition coefficient (Wildman–Crippen LogP) is 2.53. The maximum atomic E-state index is 5.91. The first-order valence-electron chi connectivity index (χ1n) is 8.21. The molecule has 3 heteroatoms. The highest BCUT2D eigenvalue weighted by molar-refractivity contribution is 5.84. The van der Waals surface area contributed by atoms with Crippen molar-refractivity contribution >= 4 is 10.9 Å². The van der Waals surface area contributed by atoms with Crippen LogP contribution in [0.5, 0.6) is 0 Å². The summed E-state index contributed by atoms with van der Waals surface area (Å²) in [7, 11) is 0. The molecule has 1 aromatic carbocycles. The molecule has 112 valence electrons. The topological polar surface area (TPSA) is 41.6 Å². The maximum Gasteiger partial charge on any atom is 0.130 e. The Bertz CT molecular complexity index is 658. The van der Waals surface area contributed by atoms with Gasteiger partial charge in [0.1, 0.15) is 6.04 Å². The van der Waals surface area contributed by atoms with Crippen LogP contribution in [-0.4, -0.2) is 23.7 Å². The molecule has 21 heavy (non-hydrogen) atoms. The van der Waals surface area contributed by atoms with Gasteiger partial charge in [-0.1, -0.05) is 18.2 Å². The highest BCUT2D eigenvalue weighted by atomic mass is 16.5. The van der Waals surface area contributed by atoms with Gasteiger partial charge in [0, 0.05) is 29.8 Å². The van der Waals surface area contributed by atoms with E-state index < -0.39 is 0 Å². The van der Waals surface area contributed by atoms with Gasteiger partial charge in [0.25, 0.3) is 0 Å². The SMILES string of the molecule is CC1(C)C[C@@H]([C@H]2[NH2+]CCc3c2[nH]c2ccccc32)CCO1. The number of aromatic amines is 1. The molecule has 0 bridgehead atoms. The molecule has 3 heterocycles. The average Bonchev–Trinajstić information content (AvgIpc) is 2.84. The minimum Gasteiger partial charge on any atom is -0.376 e. The van der Waals surface area contributed by atoms with Crippen LogP contribution in [0, 0.1) is 5.92 Å². The van der Waals surface area contributed by atoms with Crippen molar-refractivity contribution in [3.05, 3.63) is 35.5 Å². The van der Waals surface area contributed by atoms with E-state index >= 15 is 0 Å². The molecule has 0 amide bonds. The van der Waals surface area contributed by atoms with Gasteiger partial charge in [0.2, 0.25) is 0 Å². The zero-order chi connectivity index (χ0) is 14.4. The predicted molar refractivity (Wildman–Crippen MR) is 84.3 cm³/mol. The smallest absolute Gasteiger partial charge is 0.130 e. The normalized spacial score (nSPS) is 28.5. The van der Waals surface area contributed by atoms with E-state index in [9.17, 15) is 0 Å². The first-order chi connectivity index (χ1) is 10.1. The first-order valence-corrected chi connectivity index (χ1v) is 8.21. The number of H-pyrrole nitrogens is 1. The molecule has 0 spiro atoms. The Morgan fingerprint density at radius 1 is 1.29 bits per heavy atom. The number of nitrogens with one attached hydrogen (secondary N) is 1. The second-order valence-corrected chi connectivity index (χ2v) is 7.22. The first kappa shape index (κ1) is 13.4. The van der Waals surface area contributed by atoms with Crippen molar-refractivity contribution in [1.29, 1.82) is 0 Å². The third-order valence-electron chi connectivity index (χ3n) is 5.24. The molecular formula is C18H25N2O+. The van der Waals surface area contributed by atoms with Gasteiger partial charge in [-0.05, 0) is 38.3 Å². The highest BCUT2D eigenvalue weighted by Gasteiger charge is 2.39. The molecule has 0 radical (unpaired) electrons. The van der Waals surface area contributed by atoms with Gasteiger partial charge in [-0.15, -0.1) is 0 Å². The van der Waals surface area contributed by atoms with Gasteiger partial charge in [0.05, 0.1) is 17.8 Å². The maximum absolute atomic E-state index is 5.91. The Kier molecular flexibility index (Phi) is 3.09. The van der Waals surface area contributed by atoms with E-state index in [0.717, 1.165) is 13.0 Å². The summed E-state index contributed by atoms with van der Waals surface area (Å²) in [6.45, 7) is 6.57. The molecule has 2 aliphatic heterocycles. The molecule has 0 saturated carbocycles. The fourth-order valence-corrected chi connectivity index (χ4v) is 4.31. The minimum absolute atomic E-state index is 0.0282. The Labute approximate surface area is 126 Å². The van der Waals surface area contributed by atoms with E-state index in [2.05, 4.69) is 48.4 Å². The fraction of sp³-hybridized carbons (Fsp3) is 0.556. The number of fused-ring (bicyclic) bond motifs is 3. The highest BCUT2D eigenvalue weighted by Crippen LogP contribution is 2.38. The van der Waals surface area contributed by atoms with Crippen LogP contribution in [0.3, 0.4) is 0 Å². The number of quaternary nitrogens is 1. The second kappa shape index (κ2) is 4.85. The molecule has 0 aliphatic carbocycles. The van der Waals surface area contributed by atoms with Crippen molar-refractivity contribution in [2.75, 3.05) is 13.2 Å². The van der Waals surface area contributed by atoms with Crippen LogP contribution < -0.4 is 5.32 Å². The summed E-state index contributed by atoms with van der Waals surface area (Å²) in [5.41, 5.74) is 4.36. The summed E-state index contributed by atoms with van der Waals surface area (Å²) < 4.78 is 5.91. The molecule has 2 aliphatic rings. The minimum atomic E-state index is 0.0282. The van der Waals surface area contributed by atoms with Crippen LogP contribution in [0.15, 0.2) is 24.3 Å². The van der Waals surface area contributed by atoms with Crippen LogP contribution in [-0.2, 0) is 11.2 Å². The van der Waals surface area contributed by atoms with Crippen molar-refractivity contribution < 1.29 is 10.1 Å². The summed E-state index contributed by atoms with van der Waals surface area (Å²) in [5.74, 6) is 0.709. The summed E-state index contributed by atoms with van der Waals surface area (Å²) in [6.07, 6.45) is 3.52. The monoisotopic (exact) mass is 285 g/mol. The zero-order valence-corrected chi connectivity index (χ0v) is 13.0. The average molecular weight is 285 g/mol. The van der Waals surface area contributed by atoms with E-state index in [4.69, 9.17) is 4.74 Å². The van der Waals surface area contributed by atoms with Crippen LogP contribution in [0.1, 0.15) is 44.0 Å².